The van der Waals surface area contributed by atoms with Crippen molar-refractivity contribution in [3.8, 4) is 22.4 Å². The van der Waals surface area contributed by atoms with Crippen LogP contribution in [0.15, 0.2) is 54.9 Å². The van der Waals surface area contributed by atoms with E-state index in [0.717, 1.165) is 78.2 Å². The number of hydrogen-bond acceptors (Lipinski definition) is 4. The highest BCUT2D eigenvalue weighted by molar-refractivity contribution is 6.77. The number of benzene rings is 1. The Morgan fingerprint density at radius 2 is 1.71 bits per heavy atom. The van der Waals surface area contributed by atoms with E-state index in [1.165, 1.54) is 17.7 Å². The predicted molar refractivity (Wildman–Crippen MR) is 174 cm³/mol. The fourth-order valence-electron chi connectivity index (χ4n) is 6.98. The van der Waals surface area contributed by atoms with Crippen LogP contribution in [0.25, 0.3) is 39.0 Å². The summed E-state index contributed by atoms with van der Waals surface area (Å²) in [4.78, 5) is 10.5. The van der Waals surface area contributed by atoms with Crippen LogP contribution in [0.4, 0.5) is 4.39 Å². The Hall–Kier alpha value is -3.07. The van der Waals surface area contributed by atoms with E-state index in [4.69, 9.17) is 9.52 Å². The quantitative estimate of drug-likeness (QED) is 0.141. The Bertz CT molecular complexity index is 1510. The van der Waals surface area contributed by atoms with Gasteiger partial charge in [0.05, 0.1) is 0 Å². The maximum Gasteiger partial charge on any atom is 0.200 e. The number of rotatable bonds is 11. The zero-order chi connectivity index (χ0) is 30.0. The van der Waals surface area contributed by atoms with E-state index >= 15 is 0 Å². The molecule has 4 aromatic rings. The topological polar surface area (TPSA) is 59.0 Å². The van der Waals surface area contributed by atoms with Gasteiger partial charge >= 0.3 is 0 Å². The number of halogens is 1. The van der Waals surface area contributed by atoms with Gasteiger partial charge in [-0.2, -0.15) is 5.10 Å². The Labute approximate surface area is 251 Å². The second-order valence-corrected chi connectivity index (χ2v) is 18.2. The molecule has 5 rings (SSSR count). The number of aromatic amines is 1. The smallest absolute Gasteiger partial charge is 0.200 e. The van der Waals surface area contributed by atoms with E-state index in [1.54, 1.807) is 0 Å². The van der Waals surface area contributed by atoms with Crippen LogP contribution in [-0.4, -0.2) is 59.7 Å². The second kappa shape index (κ2) is 12.7. The molecule has 1 aliphatic rings. The zero-order valence-electron chi connectivity index (χ0n) is 26.2. The van der Waals surface area contributed by atoms with E-state index in [-0.39, 0.29) is 5.82 Å². The average molecular weight is 588 g/mol. The molecule has 1 N–H and O–H groups in total. The van der Waals surface area contributed by atoms with Gasteiger partial charge in [-0.3, -0.25) is 4.68 Å². The summed E-state index contributed by atoms with van der Waals surface area (Å²) in [6, 6.07) is 10.9. The molecule has 3 aromatic heterocycles. The standard InChI is InChI=1S/C34H46FN5OSi/c1-23(2)42(24(3)4,25(5)6)41-20-8-17-40-22-31(33(38-40)27-9-11-28(35)12-10-27)29-13-16-36-34-30(29)21-32(37-34)26-14-18-39(7)19-15-26/h9-14,16,21-25H,8,15,17-20H2,1-7H3,(H,36,37). The first-order chi connectivity index (χ1) is 20.1. The Morgan fingerprint density at radius 3 is 2.36 bits per heavy atom. The summed E-state index contributed by atoms with van der Waals surface area (Å²) in [5.74, 6) is -0.252. The van der Waals surface area contributed by atoms with Crippen molar-refractivity contribution < 1.29 is 8.82 Å². The Balaban J connectivity index is 1.46. The van der Waals surface area contributed by atoms with Gasteiger partial charge in [0.15, 0.2) is 8.32 Å². The van der Waals surface area contributed by atoms with Crippen LogP contribution in [0.1, 0.15) is 60.1 Å². The number of hydrogen-bond donors (Lipinski definition) is 1. The molecule has 0 atom stereocenters. The summed E-state index contributed by atoms with van der Waals surface area (Å²) in [5, 5.41) is 6.11. The molecule has 0 saturated heterocycles. The minimum Gasteiger partial charge on any atom is -0.416 e. The maximum atomic E-state index is 13.9. The molecule has 0 unspecified atom stereocenters. The Kier molecular flexibility index (Phi) is 9.16. The van der Waals surface area contributed by atoms with Crippen LogP contribution in [0, 0.1) is 5.82 Å². The van der Waals surface area contributed by atoms with Gasteiger partial charge in [0.2, 0.25) is 0 Å². The van der Waals surface area contributed by atoms with Gasteiger partial charge in [0.1, 0.15) is 17.2 Å². The number of fused-ring (bicyclic) bond motifs is 1. The number of pyridine rings is 1. The van der Waals surface area contributed by atoms with Gasteiger partial charge in [-0.1, -0.05) is 47.6 Å². The first-order valence-corrected chi connectivity index (χ1v) is 17.6. The minimum atomic E-state index is -1.91. The molecule has 0 radical (unpaired) electrons. The molecule has 0 spiro atoms. The third-order valence-electron chi connectivity index (χ3n) is 9.05. The lowest BCUT2D eigenvalue weighted by Crippen LogP contribution is -2.48. The number of nitrogens with zero attached hydrogens (tertiary/aromatic N) is 4. The van der Waals surface area contributed by atoms with Crippen LogP contribution in [0.2, 0.25) is 16.6 Å². The summed E-state index contributed by atoms with van der Waals surface area (Å²) >= 11 is 0. The van der Waals surface area contributed by atoms with Crippen LogP contribution >= 0.6 is 0 Å². The molecule has 0 saturated carbocycles. The first kappa shape index (κ1) is 30.4. The maximum absolute atomic E-state index is 13.9. The van der Waals surface area contributed by atoms with Gasteiger partial charge in [0, 0.05) is 60.8 Å². The first-order valence-electron chi connectivity index (χ1n) is 15.4. The number of likely N-dealkylation sites (N-methyl/N-ethyl adjacent to an activating group) is 1. The molecular formula is C34H46FN5OSi. The highest BCUT2D eigenvalue weighted by Gasteiger charge is 2.44. The van der Waals surface area contributed by atoms with E-state index in [9.17, 15) is 4.39 Å². The van der Waals surface area contributed by atoms with Gasteiger partial charge in [0.25, 0.3) is 0 Å². The van der Waals surface area contributed by atoms with Crippen LogP contribution in [0.3, 0.4) is 0 Å². The van der Waals surface area contributed by atoms with E-state index in [0.29, 0.717) is 16.6 Å². The third-order valence-corrected chi connectivity index (χ3v) is 15.2. The van der Waals surface area contributed by atoms with Crippen molar-refractivity contribution in [1.29, 1.82) is 0 Å². The van der Waals surface area contributed by atoms with Crippen molar-refractivity contribution in [3.05, 3.63) is 66.4 Å². The van der Waals surface area contributed by atoms with Gasteiger partial charge < -0.3 is 14.3 Å². The van der Waals surface area contributed by atoms with E-state index in [1.807, 2.05) is 23.0 Å². The minimum absolute atomic E-state index is 0.252. The fraction of sp³-hybridized carbons (Fsp3) is 0.471. The number of H-pyrrole nitrogens is 1. The molecule has 8 heteroatoms. The molecule has 1 aliphatic heterocycles. The van der Waals surface area contributed by atoms with Crippen molar-refractivity contribution in [2.24, 2.45) is 0 Å². The normalized spacial score (nSPS) is 15.0. The summed E-state index contributed by atoms with van der Waals surface area (Å²) in [5.41, 5.74) is 8.83. The van der Waals surface area contributed by atoms with Crippen molar-refractivity contribution in [2.75, 3.05) is 26.7 Å². The van der Waals surface area contributed by atoms with Crippen molar-refractivity contribution >= 4 is 24.9 Å². The summed E-state index contributed by atoms with van der Waals surface area (Å²) in [6.07, 6.45) is 8.18. The van der Waals surface area contributed by atoms with Gasteiger partial charge in [-0.15, -0.1) is 0 Å². The monoisotopic (exact) mass is 587 g/mol. The lowest BCUT2D eigenvalue weighted by molar-refractivity contribution is 0.263. The van der Waals surface area contributed by atoms with Crippen LogP contribution in [-0.2, 0) is 11.0 Å². The summed E-state index contributed by atoms with van der Waals surface area (Å²) in [6.45, 7) is 17.4. The molecule has 0 bridgehead atoms. The molecule has 4 heterocycles. The zero-order valence-corrected chi connectivity index (χ0v) is 27.2. The van der Waals surface area contributed by atoms with Gasteiger partial charge in [-0.25, -0.2) is 9.37 Å². The number of aryl methyl sites for hydroxylation is 1. The molecule has 0 amide bonds. The van der Waals surface area contributed by atoms with Crippen molar-refractivity contribution in [2.45, 2.75) is 77.6 Å². The van der Waals surface area contributed by atoms with Gasteiger partial charge in [-0.05, 0) is 84.0 Å². The van der Waals surface area contributed by atoms with E-state index in [2.05, 4.69) is 87.9 Å². The average Bonchev–Trinajstić information content (AvgIpc) is 3.58. The molecule has 224 valence electrons. The summed E-state index contributed by atoms with van der Waals surface area (Å²) in [7, 11) is 0.237. The lowest BCUT2D eigenvalue weighted by atomic mass is 9.99. The SMILES string of the molecule is CC(C)[Si](OCCCn1cc(-c2ccnc3[nH]c(C4=CCN(C)CC4)cc23)c(-c2ccc(F)cc2)n1)(C(C)C)C(C)C. The highest BCUT2D eigenvalue weighted by atomic mass is 28.4. The van der Waals surface area contributed by atoms with Crippen LogP contribution in [0.5, 0.6) is 0 Å². The van der Waals surface area contributed by atoms with E-state index < -0.39 is 8.32 Å². The largest absolute Gasteiger partial charge is 0.416 e. The van der Waals surface area contributed by atoms with Crippen molar-refractivity contribution in [1.82, 2.24) is 24.6 Å². The molecule has 42 heavy (non-hydrogen) atoms. The second-order valence-electron chi connectivity index (χ2n) is 12.7. The Morgan fingerprint density at radius 1 is 1.00 bits per heavy atom. The molecule has 1 aromatic carbocycles. The lowest BCUT2D eigenvalue weighted by Gasteiger charge is -2.42. The summed E-state index contributed by atoms with van der Waals surface area (Å²) < 4.78 is 22.7. The van der Waals surface area contributed by atoms with Crippen molar-refractivity contribution in [3.63, 3.8) is 0 Å². The van der Waals surface area contributed by atoms with Crippen LogP contribution < -0.4 is 0 Å². The number of aromatic nitrogens is 4. The molecule has 0 fully saturated rings. The molecular weight excluding hydrogens is 541 g/mol. The molecule has 6 nitrogen and oxygen atoms in total. The highest BCUT2D eigenvalue weighted by Crippen LogP contribution is 2.42. The number of nitrogens with one attached hydrogen (secondary N) is 1. The molecule has 0 aliphatic carbocycles. The third kappa shape index (κ3) is 6.03. The fourth-order valence-corrected chi connectivity index (χ4v) is 12.5. The predicted octanol–water partition coefficient (Wildman–Crippen LogP) is 8.53.